The van der Waals surface area contributed by atoms with Crippen molar-refractivity contribution in [3.8, 4) is 11.5 Å². The molecule has 1 aliphatic rings. The molecule has 0 spiro atoms. The Kier molecular flexibility index (Phi) is 6.45. The topological polar surface area (TPSA) is 71.1 Å². The van der Waals surface area contributed by atoms with Gasteiger partial charge in [0.1, 0.15) is 0 Å². The zero-order valence-corrected chi connectivity index (χ0v) is 18.6. The molecule has 1 N–H and O–H groups in total. The third-order valence-electron chi connectivity index (χ3n) is 5.02. The fraction of sp³-hybridized carbons (Fsp3) is 0.400. The Labute approximate surface area is 177 Å². The van der Waals surface area contributed by atoms with Crippen molar-refractivity contribution in [1.29, 1.82) is 0 Å². The number of nitrogens with one attached hydrogen (secondary N) is 1. The lowest BCUT2D eigenvalue weighted by atomic mass is 10.2. The highest BCUT2D eigenvalue weighted by Crippen LogP contribution is 2.35. The maximum atomic E-state index is 13.2. The van der Waals surface area contributed by atoms with E-state index in [2.05, 4.69) is 21.6 Å². The second-order valence-corrected chi connectivity index (χ2v) is 9.12. The molecule has 2 aromatic rings. The molecule has 0 saturated carbocycles. The minimum atomic E-state index is -3.87. The van der Waals surface area contributed by atoms with Crippen LogP contribution in [0.3, 0.4) is 0 Å². The van der Waals surface area contributed by atoms with Gasteiger partial charge in [-0.1, -0.05) is 11.6 Å². The van der Waals surface area contributed by atoms with Crippen LogP contribution in [0.25, 0.3) is 0 Å². The number of hydrogen-bond donors (Lipinski definition) is 1. The van der Waals surface area contributed by atoms with Crippen molar-refractivity contribution in [1.82, 2.24) is 4.90 Å². The van der Waals surface area contributed by atoms with E-state index in [1.54, 1.807) is 25.1 Å². The van der Waals surface area contributed by atoms with Crippen LogP contribution in [0.5, 0.6) is 11.5 Å². The smallest absolute Gasteiger partial charge is 0.262 e. The molecule has 0 aliphatic carbocycles. The number of anilines is 2. The van der Waals surface area contributed by atoms with E-state index in [0.717, 1.165) is 31.9 Å². The maximum Gasteiger partial charge on any atom is 0.262 e. The molecule has 0 atom stereocenters. The summed E-state index contributed by atoms with van der Waals surface area (Å²) in [7, 11) is 1.18. The third-order valence-corrected chi connectivity index (χ3v) is 6.76. The maximum absolute atomic E-state index is 13.2. The average molecular weight is 440 g/mol. The summed E-state index contributed by atoms with van der Waals surface area (Å²) in [6, 6.07) is 8.38. The van der Waals surface area contributed by atoms with E-state index in [-0.39, 0.29) is 4.90 Å². The number of likely N-dealkylation sites (N-methyl/N-ethyl adjacent to an activating group) is 1. The Hall–Kier alpha value is -2.16. The lowest BCUT2D eigenvalue weighted by molar-refractivity contribution is 0.313. The van der Waals surface area contributed by atoms with Gasteiger partial charge >= 0.3 is 0 Å². The summed E-state index contributed by atoms with van der Waals surface area (Å²) in [4.78, 5) is 4.53. The van der Waals surface area contributed by atoms with Crippen molar-refractivity contribution in [2.75, 3.05) is 57.1 Å². The summed E-state index contributed by atoms with van der Waals surface area (Å²) in [5.74, 6) is 0.827. The first-order valence-electron chi connectivity index (χ1n) is 9.23. The van der Waals surface area contributed by atoms with Crippen LogP contribution in [0.2, 0.25) is 5.02 Å². The van der Waals surface area contributed by atoms with Gasteiger partial charge in [0.2, 0.25) is 0 Å². The Morgan fingerprint density at radius 1 is 1.00 bits per heavy atom. The Morgan fingerprint density at radius 2 is 1.62 bits per heavy atom. The molecule has 1 heterocycles. The van der Waals surface area contributed by atoms with Gasteiger partial charge in [-0.05, 0) is 43.8 Å². The Bertz CT molecular complexity index is 989. The first-order valence-corrected chi connectivity index (χ1v) is 11.1. The quantitative estimate of drug-likeness (QED) is 0.745. The second kappa shape index (κ2) is 8.69. The van der Waals surface area contributed by atoms with Gasteiger partial charge in [-0.25, -0.2) is 8.42 Å². The highest BCUT2D eigenvalue weighted by atomic mass is 35.5. The van der Waals surface area contributed by atoms with Gasteiger partial charge in [-0.15, -0.1) is 0 Å². The van der Waals surface area contributed by atoms with E-state index in [1.807, 2.05) is 6.07 Å². The van der Waals surface area contributed by atoms with E-state index < -0.39 is 10.0 Å². The van der Waals surface area contributed by atoms with Gasteiger partial charge in [0.15, 0.2) is 11.5 Å². The summed E-state index contributed by atoms with van der Waals surface area (Å²) in [5.41, 5.74) is 1.82. The predicted octanol–water partition coefficient (Wildman–Crippen LogP) is 3.22. The molecular formula is C20H26ClN3O4S. The molecule has 1 fully saturated rings. The predicted molar refractivity (Wildman–Crippen MR) is 116 cm³/mol. The molecule has 3 rings (SSSR count). The minimum absolute atomic E-state index is 0.124. The van der Waals surface area contributed by atoms with Crippen molar-refractivity contribution in [3.63, 3.8) is 0 Å². The molecule has 1 saturated heterocycles. The molecule has 0 amide bonds. The number of benzene rings is 2. The van der Waals surface area contributed by atoms with Gasteiger partial charge in [0.05, 0.1) is 30.5 Å². The van der Waals surface area contributed by atoms with Gasteiger partial charge in [-0.2, -0.15) is 0 Å². The highest BCUT2D eigenvalue weighted by Gasteiger charge is 2.24. The van der Waals surface area contributed by atoms with Gasteiger partial charge in [-0.3, -0.25) is 4.72 Å². The number of piperazine rings is 1. The molecule has 0 bridgehead atoms. The number of methoxy groups -OCH3 is 2. The lowest BCUT2D eigenvalue weighted by Gasteiger charge is -2.35. The first kappa shape index (κ1) is 21.5. The van der Waals surface area contributed by atoms with Crippen LogP contribution in [-0.4, -0.2) is 60.8 Å². The molecule has 158 valence electrons. The van der Waals surface area contributed by atoms with E-state index in [4.69, 9.17) is 21.1 Å². The average Bonchev–Trinajstić information content (AvgIpc) is 2.68. The van der Waals surface area contributed by atoms with Crippen molar-refractivity contribution in [2.24, 2.45) is 0 Å². The molecule has 2 aromatic carbocycles. The van der Waals surface area contributed by atoms with Crippen molar-refractivity contribution < 1.29 is 17.9 Å². The number of rotatable bonds is 6. The molecule has 0 unspecified atom stereocenters. The summed E-state index contributed by atoms with van der Waals surface area (Å²) in [5, 5.41) is 0.463. The number of aryl methyl sites for hydroxylation is 1. The van der Waals surface area contributed by atoms with E-state index in [0.29, 0.717) is 27.8 Å². The standard InChI is InChI=1S/C20H26ClN3O4S/c1-14-11-18(27-3)19(28-4)13-20(14)29(25,26)22-16-12-15(21)5-6-17(16)24-9-7-23(2)8-10-24/h5-6,11-13,22H,7-10H2,1-4H3. The highest BCUT2D eigenvalue weighted by molar-refractivity contribution is 7.92. The van der Waals surface area contributed by atoms with Crippen LogP contribution in [0, 0.1) is 6.92 Å². The molecule has 1 aliphatic heterocycles. The third kappa shape index (κ3) is 4.71. The number of hydrogen-bond acceptors (Lipinski definition) is 6. The van der Waals surface area contributed by atoms with Crippen LogP contribution in [0.4, 0.5) is 11.4 Å². The fourth-order valence-corrected chi connectivity index (χ4v) is 4.84. The zero-order valence-electron chi connectivity index (χ0n) is 17.0. The second-order valence-electron chi connectivity index (χ2n) is 7.03. The SMILES string of the molecule is COc1cc(C)c(S(=O)(=O)Nc2cc(Cl)ccc2N2CCN(C)CC2)cc1OC. The first-order chi connectivity index (χ1) is 13.7. The molecule has 0 radical (unpaired) electrons. The Morgan fingerprint density at radius 3 is 2.24 bits per heavy atom. The van der Waals surface area contributed by atoms with Crippen LogP contribution in [0.15, 0.2) is 35.2 Å². The van der Waals surface area contributed by atoms with Crippen molar-refractivity contribution in [3.05, 3.63) is 40.9 Å². The minimum Gasteiger partial charge on any atom is -0.493 e. The van der Waals surface area contributed by atoms with Crippen LogP contribution in [0.1, 0.15) is 5.56 Å². The largest absolute Gasteiger partial charge is 0.493 e. The summed E-state index contributed by atoms with van der Waals surface area (Å²) in [6.07, 6.45) is 0. The monoisotopic (exact) mass is 439 g/mol. The number of halogens is 1. The number of nitrogens with zero attached hydrogens (tertiary/aromatic N) is 2. The van der Waals surface area contributed by atoms with Crippen molar-refractivity contribution >= 4 is 33.0 Å². The normalized spacial score (nSPS) is 15.3. The number of ether oxygens (including phenoxy) is 2. The van der Waals surface area contributed by atoms with Crippen molar-refractivity contribution in [2.45, 2.75) is 11.8 Å². The fourth-order valence-electron chi connectivity index (χ4n) is 3.36. The zero-order chi connectivity index (χ0) is 21.2. The summed E-state index contributed by atoms with van der Waals surface area (Å²) >= 11 is 6.17. The summed E-state index contributed by atoms with van der Waals surface area (Å²) < 4.78 is 39.7. The molecule has 7 nitrogen and oxygen atoms in total. The molecule has 9 heteroatoms. The molecular weight excluding hydrogens is 414 g/mol. The van der Waals surface area contributed by atoms with E-state index in [1.165, 1.54) is 20.3 Å². The van der Waals surface area contributed by atoms with E-state index >= 15 is 0 Å². The molecule has 29 heavy (non-hydrogen) atoms. The number of sulfonamides is 1. The van der Waals surface area contributed by atoms with Crippen LogP contribution in [-0.2, 0) is 10.0 Å². The lowest BCUT2D eigenvalue weighted by Crippen LogP contribution is -2.44. The Balaban J connectivity index is 1.98. The van der Waals surface area contributed by atoms with Gasteiger partial charge < -0.3 is 19.3 Å². The van der Waals surface area contributed by atoms with Gasteiger partial charge in [0.25, 0.3) is 10.0 Å². The summed E-state index contributed by atoms with van der Waals surface area (Å²) in [6.45, 7) is 5.15. The van der Waals surface area contributed by atoms with E-state index in [9.17, 15) is 8.42 Å². The van der Waals surface area contributed by atoms with Crippen LogP contribution < -0.4 is 19.1 Å². The molecule has 0 aromatic heterocycles. The van der Waals surface area contributed by atoms with Crippen LogP contribution >= 0.6 is 11.6 Å². The van der Waals surface area contributed by atoms with Gasteiger partial charge in [0, 0.05) is 37.3 Å².